The van der Waals surface area contributed by atoms with Gasteiger partial charge in [-0.15, -0.1) is 0 Å². The van der Waals surface area contributed by atoms with Crippen LogP contribution in [-0.4, -0.2) is 21.9 Å². The van der Waals surface area contributed by atoms with Crippen LogP contribution >= 0.6 is 11.6 Å². The third-order valence-electron chi connectivity index (χ3n) is 4.48. The van der Waals surface area contributed by atoms with Crippen LogP contribution in [0.4, 0.5) is 0 Å². The zero-order chi connectivity index (χ0) is 15.0. The van der Waals surface area contributed by atoms with Gasteiger partial charge in [0.2, 0.25) is 0 Å². The predicted molar refractivity (Wildman–Crippen MR) is 85.3 cm³/mol. The molecule has 1 aliphatic rings. The Morgan fingerprint density at radius 3 is 2.35 bits per heavy atom. The topological polar surface area (TPSA) is 29.9 Å². The molecule has 1 heterocycles. The Balaban J connectivity index is 2.17. The molecule has 1 fully saturated rings. The second kappa shape index (κ2) is 5.69. The average molecular weight is 298 g/mol. The molecule has 1 saturated carbocycles. The summed E-state index contributed by atoms with van der Waals surface area (Å²) in [6, 6.07) is 0. The SMILES string of the molecule is Cc1nn(C)c(Cl)c1CC1(CNC(C)(C)C)CCCC1. The third kappa shape index (κ3) is 3.56. The van der Waals surface area contributed by atoms with Crippen molar-refractivity contribution in [3.8, 4) is 0 Å². The standard InChI is InChI=1S/C16H28ClN3/c1-12-13(14(17)20(5)19-12)10-16(8-6-7-9-16)11-18-15(2,3)4/h18H,6-11H2,1-5H3. The Hall–Kier alpha value is -0.540. The van der Waals surface area contributed by atoms with Gasteiger partial charge in [0.1, 0.15) is 5.15 Å². The first kappa shape index (κ1) is 15.8. The van der Waals surface area contributed by atoms with E-state index in [9.17, 15) is 0 Å². The van der Waals surface area contributed by atoms with Crippen LogP contribution in [0, 0.1) is 12.3 Å². The molecule has 114 valence electrons. The molecular formula is C16H28ClN3. The van der Waals surface area contributed by atoms with Crippen LogP contribution in [0.15, 0.2) is 0 Å². The van der Waals surface area contributed by atoms with Gasteiger partial charge in [0.25, 0.3) is 0 Å². The molecule has 0 radical (unpaired) electrons. The van der Waals surface area contributed by atoms with E-state index in [1.54, 1.807) is 4.68 Å². The zero-order valence-electron chi connectivity index (χ0n) is 13.5. The van der Waals surface area contributed by atoms with E-state index in [0.29, 0.717) is 5.41 Å². The molecule has 1 aromatic rings. The summed E-state index contributed by atoms with van der Waals surface area (Å²) >= 11 is 6.42. The number of rotatable bonds is 4. The fourth-order valence-electron chi connectivity index (χ4n) is 3.24. The molecule has 0 amide bonds. The number of aromatic nitrogens is 2. The van der Waals surface area contributed by atoms with Crippen molar-refractivity contribution in [2.75, 3.05) is 6.54 Å². The van der Waals surface area contributed by atoms with Gasteiger partial charge in [0.15, 0.2) is 0 Å². The van der Waals surface area contributed by atoms with Crippen molar-refractivity contribution < 1.29 is 0 Å². The fraction of sp³-hybridized carbons (Fsp3) is 0.812. The summed E-state index contributed by atoms with van der Waals surface area (Å²) in [5.74, 6) is 0. The minimum Gasteiger partial charge on any atom is -0.312 e. The van der Waals surface area contributed by atoms with Crippen LogP contribution < -0.4 is 5.32 Å². The van der Waals surface area contributed by atoms with E-state index in [4.69, 9.17) is 11.6 Å². The molecule has 0 atom stereocenters. The molecule has 4 heteroatoms. The molecule has 0 spiro atoms. The van der Waals surface area contributed by atoms with E-state index >= 15 is 0 Å². The van der Waals surface area contributed by atoms with Crippen molar-refractivity contribution in [1.82, 2.24) is 15.1 Å². The van der Waals surface area contributed by atoms with E-state index in [2.05, 4.69) is 38.1 Å². The van der Waals surface area contributed by atoms with Crippen LogP contribution in [0.5, 0.6) is 0 Å². The van der Waals surface area contributed by atoms with Crippen molar-refractivity contribution in [2.24, 2.45) is 12.5 Å². The highest BCUT2D eigenvalue weighted by atomic mass is 35.5. The smallest absolute Gasteiger partial charge is 0.130 e. The lowest BCUT2D eigenvalue weighted by Gasteiger charge is -2.33. The van der Waals surface area contributed by atoms with Crippen LogP contribution in [0.1, 0.15) is 57.7 Å². The maximum atomic E-state index is 6.42. The van der Waals surface area contributed by atoms with Gasteiger partial charge in [-0.05, 0) is 52.4 Å². The molecule has 1 aliphatic carbocycles. The number of nitrogens with zero attached hydrogens (tertiary/aromatic N) is 2. The first-order valence-corrected chi connectivity index (χ1v) is 8.03. The molecule has 20 heavy (non-hydrogen) atoms. The Bertz CT molecular complexity index is 465. The third-order valence-corrected chi connectivity index (χ3v) is 4.95. The lowest BCUT2D eigenvalue weighted by Crippen LogP contribution is -2.44. The normalized spacial score (nSPS) is 18.7. The van der Waals surface area contributed by atoms with Crippen molar-refractivity contribution in [3.05, 3.63) is 16.4 Å². The van der Waals surface area contributed by atoms with E-state index in [1.807, 2.05) is 7.05 Å². The molecule has 2 rings (SSSR count). The maximum absolute atomic E-state index is 6.42. The highest BCUT2D eigenvalue weighted by molar-refractivity contribution is 6.30. The lowest BCUT2D eigenvalue weighted by molar-refractivity contribution is 0.244. The van der Waals surface area contributed by atoms with Crippen molar-refractivity contribution in [2.45, 2.75) is 65.3 Å². The molecule has 0 aromatic carbocycles. The van der Waals surface area contributed by atoms with Gasteiger partial charge >= 0.3 is 0 Å². The molecular weight excluding hydrogens is 270 g/mol. The highest BCUT2D eigenvalue weighted by Crippen LogP contribution is 2.42. The average Bonchev–Trinajstić information content (AvgIpc) is 2.89. The van der Waals surface area contributed by atoms with Gasteiger partial charge in [0.05, 0.1) is 5.69 Å². The monoisotopic (exact) mass is 297 g/mol. The van der Waals surface area contributed by atoms with Crippen LogP contribution in [0.25, 0.3) is 0 Å². The van der Waals surface area contributed by atoms with Gasteiger partial charge in [0, 0.05) is 24.7 Å². The van der Waals surface area contributed by atoms with E-state index in [-0.39, 0.29) is 5.54 Å². The summed E-state index contributed by atoms with van der Waals surface area (Å²) < 4.78 is 1.80. The molecule has 0 bridgehead atoms. The van der Waals surface area contributed by atoms with Gasteiger partial charge in [-0.1, -0.05) is 24.4 Å². The number of hydrogen-bond acceptors (Lipinski definition) is 2. The first-order valence-electron chi connectivity index (χ1n) is 7.65. The molecule has 1 aromatic heterocycles. The summed E-state index contributed by atoms with van der Waals surface area (Å²) in [5, 5.41) is 8.97. The molecule has 0 aliphatic heterocycles. The van der Waals surface area contributed by atoms with E-state index < -0.39 is 0 Å². The Morgan fingerprint density at radius 1 is 1.30 bits per heavy atom. The van der Waals surface area contributed by atoms with Gasteiger partial charge in [-0.25, -0.2) is 0 Å². The van der Waals surface area contributed by atoms with Gasteiger partial charge in [-0.3, -0.25) is 4.68 Å². The zero-order valence-corrected chi connectivity index (χ0v) is 14.3. The second-order valence-corrected chi connectivity index (χ2v) is 7.82. The van der Waals surface area contributed by atoms with Crippen LogP contribution in [-0.2, 0) is 13.5 Å². The quantitative estimate of drug-likeness (QED) is 0.914. The second-order valence-electron chi connectivity index (χ2n) is 7.47. The predicted octanol–water partition coefficient (Wildman–Crippen LogP) is 3.87. The lowest BCUT2D eigenvalue weighted by atomic mass is 9.79. The fourth-order valence-corrected chi connectivity index (χ4v) is 3.48. The maximum Gasteiger partial charge on any atom is 0.130 e. The Morgan fingerprint density at radius 2 is 1.90 bits per heavy atom. The van der Waals surface area contributed by atoms with E-state index in [0.717, 1.165) is 23.8 Å². The van der Waals surface area contributed by atoms with Crippen LogP contribution in [0.2, 0.25) is 5.15 Å². The summed E-state index contributed by atoms with van der Waals surface area (Å²) in [6.45, 7) is 9.84. The van der Waals surface area contributed by atoms with E-state index in [1.165, 1.54) is 31.2 Å². The van der Waals surface area contributed by atoms with Gasteiger partial charge in [-0.2, -0.15) is 5.10 Å². The minimum atomic E-state index is 0.170. The summed E-state index contributed by atoms with van der Waals surface area (Å²) in [4.78, 5) is 0. The van der Waals surface area contributed by atoms with Gasteiger partial charge < -0.3 is 5.32 Å². The highest BCUT2D eigenvalue weighted by Gasteiger charge is 2.36. The van der Waals surface area contributed by atoms with Crippen molar-refractivity contribution >= 4 is 11.6 Å². The summed E-state index contributed by atoms with van der Waals surface area (Å²) in [6.07, 6.45) is 6.31. The molecule has 1 N–H and O–H groups in total. The number of nitrogens with one attached hydrogen (secondary N) is 1. The minimum absolute atomic E-state index is 0.170. The largest absolute Gasteiger partial charge is 0.312 e. The summed E-state index contributed by atoms with van der Waals surface area (Å²) in [5.41, 5.74) is 2.85. The summed E-state index contributed by atoms with van der Waals surface area (Å²) in [7, 11) is 1.92. The van der Waals surface area contributed by atoms with Crippen molar-refractivity contribution in [1.29, 1.82) is 0 Å². The number of hydrogen-bond donors (Lipinski definition) is 1. The number of aryl methyl sites for hydroxylation is 2. The number of halogens is 1. The molecule has 3 nitrogen and oxygen atoms in total. The Labute approximate surface area is 128 Å². The first-order chi connectivity index (χ1) is 9.22. The Kier molecular flexibility index (Phi) is 4.50. The molecule has 0 saturated heterocycles. The molecule has 0 unspecified atom stereocenters. The van der Waals surface area contributed by atoms with Crippen molar-refractivity contribution in [3.63, 3.8) is 0 Å². The van der Waals surface area contributed by atoms with Crippen LogP contribution in [0.3, 0.4) is 0 Å².